The molecule has 1 rings (SSSR count). The van der Waals surface area contributed by atoms with Gasteiger partial charge in [-0.1, -0.05) is 47.0 Å². The minimum atomic E-state index is 0.512. The molecule has 1 atom stereocenters. The molecule has 0 aliphatic heterocycles. The molecule has 0 aromatic rings. The second kappa shape index (κ2) is 5.89. The van der Waals surface area contributed by atoms with Crippen molar-refractivity contribution in [1.29, 1.82) is 0 Å². The van der Waals surface area contributed by atoms with E-state index in [2.05, 4.69) is 33.0 Å². The normalized spacial score (nSPS) is 20.6. The molecule has 90 valence electrons. The van der Waals surface area contributed by atoms with Crippen molar-refractivity contribution in [2.45, 2.75) is 72.3 Å². The van der Waals surface area contributed by atoms with E-state index in [1.807, 2.05) is 0 Å². The third-order valence-corrected chi connectivity index (χ3v) is 4.12. The Morgan fingerprint density at radius 2 is 1.93 bits per heavy atom. The van der Waals surface area contributed by atoms with Crippen LogP contribution in [0.1, 0.15) is 66.2 Å². The van der Waals surface area contributed by atoms with Crippen LogP contribution in [0, 0.1) is 11.3 Å². The molecule has 0 amide bonds. The lowest BCUT2D eigenvalue weighted by Gasteiger charge is -2.34. The van der Waals surface area contributed by atoms with Crippen molar-refractivity contribution < 1.29 is 0 Å². The molecule has 1 fully saturated rings. The number of unbranched alkanes of at least 4 members (excludes halogenated alkanes) is 2. The summed E-state index contributed by atoms with van der Waals surface area (Å²) in [5.74, 6) is 0.792. The fourth-order valence-corrected chi connectivity index (χ4v) is 2.02. The Kier molecular flexibility index (Phi) is 5.11. The molecule has 1 N–H and O–H groups in total. The van der Waals surface area contributed by atoms with Crippen LogP contribution in [0.3, 0.4) is 0 Å². The third-order valence-electron chi connectivity index (χ3n) is 4.12. The van der Waals surface area contributed by atoms with Crippen molar-refractivity contribution in [1.82, 2.24) is 5.32 Å². The minimum Gasteiger partial charge on any atom is -0.313 e. The van der Waals surface area contributed by atoms with E-state index in [9.17, 15) is 0 Å². The predicted molar refractivity (Wildman–Crippen MR) is 68.1 cm³/mol. The van der Waals surface area contributed by atoms with Gasteiger partial charge in [0.25, 0.3) is 0 Å². The summed E-state index contributed by atoms with van der Waals surface area (Å²) in [5.41, 5.74) is 0.512. The number of hydrogen-bond acceptors (Lipinski definition) is 1. The van der Waals surface area contributed by atoms with Gasteiger partial charge in [0.1, 0.15) is 0 Å². The van der Waals surface area contributed by atoms with Crippen molar-refractivity contribution >= 4 is 0 Å². The molecule has 1 heteroatoms. The maximum absolute atomic E-state index is 3.71. The minimum absolute atomic E-state index is 0.512. The highest BCUT2D eigenvalue weighted by atomic mass is 15.0. The van der Waals surface area contributed by atoms with Crippen LogP contribution in [0.25, 0.3) is 0 Å². The van der Waals surface area contributed by atoms with Crippen LogP contribution in [0.4, 0.5) is 0 Å². The molecule has 0 aromatic heterocycles. The SMILES string of the molecule is CCCCCC(C)(CNC1CC1)C(C)C. The van der Waals surface area contributed by atoms with Crippen LogP contribution >= 0.6 is 0 Å². The average molecular weight is 211 g/mol. The van der Waals surface area contributed by atoms with Crippen LogP contribution < -0.4 is 5.32 Å². The molecule has 1 nitrogen and oxygen atoms in total. The fraction of sp³-hybridized carbons (Fsp3) is 1.00. The average Bonchev–Trinajstić information content (AvgIpc) is 2.98. The van der Waals surface area contributed by atoms with E-state index in [1.54, 1.807) is 0 Å². The highest BCUT2D eigenvalue weighted by molar-refractivity contribution is 4.87. The number of rotatable bonds is 8. The van der Waals surface area contributed by atoms with E-state index in [4.69, 9.17) is 0 Å². The molecule has 1 unspecified atom stereocenters. The van der Waals surface area contributed by atoms with Gasteiger partial charge in [0.2, 0.25) is 0 Å². The van der Waals surface area contributed by atoms with Gasteiger partial charge in [0.05, 0.1) is 0 Å². The van der Waals surface area contributed by atoms with Crippen molar-refractivity contribution in [3.8, 4) is 0 Å². The summed E-state index contributed by atoms with van der Waals surface area (Å²) in [5, 5.41) is 3.71. The maximum atomic E-state index is 3.71. The summed E-state index contributed by atoms with van der Waals surface area (Å²) in [6, 6.07) is 0.856. The Balaban J connectivity index is 2.29. The molecule has 0 heterocycles. The van der Waals surface area contributed by atoms with Crippen LogP contribution in [-0.4, -0.2) is 12.6 Å². The Bertz CT molecular complexity index is 172. The maximum Gasteiger partial charge on any atom is 0.00684 e. The van der Waals surface area contributed by atoms with Gasteiger partial charge in [0.15, 0.2) is 0 Å². The zero-order valence-corrected chi connectivity index (χ0v) is 11.1. The molecule has 1 saturated carbocycles. The first kappa shape index (κ1) is 13.0. The van der Waals surface area contributed by atoms with Crippen LogP contribution in [0.5, 0.6) is 0 Å². The van der Waals surface area contributed by atoms with Gasteiger partial charge in [-0.15, -0.1) is 0 Å². The van der Waals surface area contributed by atoms with E-state index in [1.165, 1.54) is 45.1 Å². The molecule has 0 saturated heterocycles. The van der Waals surface area contributed by atoms with Gasteiger partial charge >= 0.3 is 0 Å². The standard InChI is InChI=1S/C14H29N/c1-5-6-7-10-14(4,12(2)3)11-15-13-8-9-13/h12-13,15H,5-11H2,1-4H3. The fourth-order valence-electron chi connectivity index (χ4n) is 2.02. The first-order valence-corrected chi connectivity index (χ1v) is 6.82. The summed E-state index contributed by atoms with van der Waals surface area (Å²) < 4.78 is 0. The van der Waals surface area contributed by atoms with Crippen molar-refractivity contribution in [2.24, 2.45) is 11.3 Å². The lowest BCUT2D eigenvalue weighted by molar-refractivity contribution is 0.184. The van der Waals surface area contributed by atoms with Crippen molar-refractivity contribution in [3.05, 3.63) is 0 Å². The molecular weight excluding hydrogens is 182 g/mol. The quantitative estimate of drug-likeness (QED) is 0.599. The lowest BCUT2D eigenvalue weighted by atomic mass is 9.75. The summed E-state index contributed by atoms with van der Waals surface area (Å²) in [4.78, 5) is 0. The van der Waals surface area contributed by atoms with Crippen LogP contribution in [0.15, 0.2) is 0 Å². The van der Waals surface area contributed by atoms with Crippen molar-refractivity contribution in [2.75, 3.05) is 6.54 Å². The second-order valence-electron chi connectivity index (χ2n) is 5.92. The predicted octanol–water partition coefficient (Wildman–Crippen LogP) is 3.98. The van der Waals surface area contributed by atoms with E-state index in [0.29, 0.717) is 5.41 Å². The molecular formula is C14H29N. The number of nitrogens with one attached hydrogen (secondary N) is 1. The molecule has 0 spiro atoms. The highest BCUT2D eigenvalue weighted by Crippen LogP contribution is 2.33. The van der Waals surface area contributed by atoms with E-state index >= 15 is 0 Å². The molecule has 0 radical (unpaired) electrons. The molecule has 15 heavy (non-hydrogen) atoms. The van der Waals surface area contributed by atoms with E-state index < -0.39 is 0 Å². The van der Waals surface area contributed by atoms with Gasteiger partial charge in [-0.2, -0.15) is 0 Å². The molecule has 1 aliphatic carbocycles. The summed E-state index contributed by atoms with van der Waals surface area (Å²) in [6.07, 6.45) is 8.33. The lowest BCUT2D eigenvalue weighted by Crippen LogP contribution is -2.37. The zero-order chi connectivity index (χ0) is 11.3. The summed E-state index contributed by atoms with van der Waals surface area (Å²) in [7, 11) is 0. The first-order chi connectivity index (χ1) is 7.08. The topological polar surface area (TPSA) is 12.0 Å². The molecule has 0 bridgehead atoms. The second-order valence-corrected chi connectivity index (χ2v) is 5.92. The zero-order valence-electron chi connectivity index (χ0n) is 11.1. The van der Waals surface area contributed by atoms with Gasteiger partial charge in [-0.3, -0.25) is 0 Å². The van der Waals surface area contributed by atoms with Gasteiger partial charge < -0.3 is 5.32 Å². The number of hydrogen-bond donors (Lipinski definition) is 1. The largest absolute Gasteiger partial charge is 0.313 e. The molecule has 0 aromatic carbocycles. The summed E-state index contributed by atoms with van der Waals surface area (Å²) in [6.45, 7) is 10.7. The smallest absolute Gasteiger partial charge is 0.00684 e. The van der Waals surface area contributed by atoms with Crippen LogP contribution in [0.2, 0.25) is 0 Å². The molecule has 1 aliphatic rings. The Hall–Kier alpha value is -0.0400. The van der Waals surface area contributed by atoms with Gasteiger partial charge in [-0.25, -0.2) is 0 Å². The first-order valence-electron chi connectivity index (χ1n) is 6.82. The monoisotopic (exact) mass is 211 g/mol. The van der Waals surface area contributed by atoms with Crippen LogP contribution in [-0.2, 0) is 0 Å². The Morgan fingerprint density at radius 1 is 1.27 bits per heavy atom. The van der Waals surface area contributed by atoms with Gasteiger partial charge in [-0.05, 0) is 30.6 Å². The third kappa shape index (κ3) is 4.55. The highest BCUT2D eigenvalue weighted by Gasteiger charge is 2.30. The Labute approximate surface area is 96.0 Å². The Morgan fingerprint density at radius 3 is 2.40 bits per heavy atom. The van der Waals surface area contributed by atoms with Gasteiger partial charge in [0, 0.05) is 12.6 Å². The van der Waals surface area contributed by atoms with E-state index in [-0.39, 0.29) is 0 Å². The summed E-state index contributed by atoms with van der Waals surface area (Å²) >= 11 is 0. The van der Waals surface area contributed by atoms with E-state index in [0.717, 1.165) is 12.0 Å². The van der Waals surface area contributed by atoms with Crippen molar-refractivity contribution in [3.63, 3.8) is 0 Å².